The Bertz CT molecular complexity index is 402. The number of hydrogen-bond donors (Lipinski definition) is 2. The molecule has 0 saturated carbocycles. The minimum atomic E-state index is -0.0449. The van der Waals surface area contributed by atoms with Gasteiger partial charge in [-0.05, 0) is 23.3 Å². The highest BCUT2D eigenvalue weighted by atomic mass is 79.9. The number of carbonyl (C=O) groups is 1. The van der Waals surface area contributed by atoms with E-state index in [0.29, 0.717) is 6.54 Å². The molecule has 3 nitrogen and oxygen atoms in total. The number of rotatable bonds is 4. The van der Waals surface area contributed by atoms with E-state index in [1.807, 2.05) is 30.4 Å². The summed E-state index contributed by atoms with van der Waals surface area (Å²) >= 11 is 3.35. The predicted octanol–water partition coefficient (Wildman–Crippen LogP) is 2.09. The molecule has 0 aromatic heterocycles. The van der Waals surface area contributed by atoms with E-state index in [1.54, 1.807) is 0 Å². The Morgan fingerprint density at radius 2 is 2.31 bits per heavy atom. The molecule has 16 heavy (non-hydrogen) atoms. The van der Waals surface area contributed by atoms with E-state index in [2.05, 4.69) is 21.2 Å². The Kier molecular flexibility index (Phi) is 5.22. The number of hydrogen-bond acceptors (Lipinski definition) is 2. The average Bonchev–Trinajstić information content (AvgIpc) is 2.26. The van der Waals surface area contributed by atoms with E-state index in [0.717, 1.165) is 15.6 Å². The second-order valence-electron chi connectivity index (χ2n) is 3.35. The lowest BCUT2D eigenvalue weighted by Crippen LogP contribution is -2.19. The molecule has 0 unspecified atom stereocenters. The number of benzene rings is 1. The van der Waals surface area contributed by atoms with Gasteiger partial charge in [-0.25, -0.2) is 0 Å². The Morgan fingerprint density at radius 1 is 1.56 bits per heavy atom. The third kappa shape index (κ3) is 4.16. The van der Waals surface area contributed by atoms with Gasteiger partial charge in [-0.3, -0.25) is 4.79 Å². The fourth-order valence-corrected chi connectivity index (χ4v) is 1.59. The predicted molar refractivity (Wildman–Crippen MR) is 67.8 cm³/mol. The van der Waals surface area contributed by atoms with Crippen LogP contribution in [0.15, 0.2) is 28.7 Å². The Hall–Kier alpha value is -1.13. The van der Waals surface area contributed by atoms with Crippen molar-refractivity contribution in [2.24, 2.45) is 0 Å². The van der Waals surface area contributed by atoms with Gasteiger partial charge in [-0.15, -0.1) is 0 Å². The summed E-state index contributed by atoms with van der Waals surface area (Å²) in [4.78, 5) is 10.6. The highest BCUT2D eigenvalue weighted by Crippen LogP contribution is 2.18. The largest absolute Gasteiger partial charge is 0.392 e. The lowest BCUT2D eigenvalue weighted by Gasteiger charge is -2.02. The van der Waals surface area contributed by atoms with Crippen LogP contribution in [0.5, 0.6) is 0 Å². The first-order valence-corrected chi connectivity index (χ1v) is 5.73. The van der Waals surface area contributed by atoms with Crippen molar-refractivity contribution in [3.05, 3.63) is 39.9 Å². The molecule has 86 valence electrons. The summed E-state index contributed by atoms with van der Waals surface area (Å²) < 4.78 is 0.897. The van der Waals surface area contributed by atoms with Crippen LogP contribution in [0.2, 0.25) is 0 Å². The summed E-state index contributed by atoms with van der Waals surface area (Å²) in [6.07, 6.45) is 3.77. The second-order valence-corrected chi connectivity index (χ2v) is 4.20. The SMILES string of the molecule is CC(=O)NCC=Cc1ccc(Br)c(CO)c1. The Balaban J connectivity index is 2.63. The third-order valence-corrected chi connectivity index (χ3v) is 2.79. The van der Waals surface area contributed by atoms with E-state index in [4.69, 9.17) is 5.11 Å². The summed E-state index contributed by atoms with van der Waals surface area (Å²) in [7, 11) is 0. The number of carbonyl (C=O) groups excluding carboxylic acids is 1. The molecule has 0 atom stereocenters. The molecule has 0 heterocycles. The van der Waals surface area contributed by atoms with Gasteiger partial charge in [-0.1, -0.05) is 34.1 Å². The van der Waals surface area contributed by atoms with E-state index < -0.39 is 0 Å². The van der Waals surface area contributed by atoms with Crippen LogP contribution in [0, 0.1) is 0 Å². The normalized spacial score (nSPS) is 10.7. The smallest absolute Gasteiger partial charge is 0.217 e. The minimum absolute atomic E-state index is 0.00790. The lowest BCUT2D eigenvalue weighted by atomic mass is 10.1. The van der Waals surface area contributed by atoms with Crippen molar-refractivity contribution in [2.45, 2.75) is 13.5 Å². The molecule has 1 amide bonds. The van der Waals surface area contributed by atoms with Crippen molar-refractivity contribution in [3.63, 3.8) is 0 Å². The molecule has 1 rings (SSSR count). The molecule has 4 heteroatoms. The molecule has 0 bridgehead atoms. The summed E-state index contributed by atoms with van der Waals surface area (Å²) in [5.74, 6) is -0.0449. The van der Waals surface area contributed by atoms with Crippen molar-refractivity contribution in [1.29, 1.82) is 0 Å². The van der Waals surface area contributed by atoms with Gasteiger partial charge in [0.15, 0.2) is 0 Å². The maximum Gasteiger partial charge on any atom is 0.217 e. The highest BCUT2D eigenvalue weighted by Gasteiger charge is 1.98. The topological polar surface area (TPSA) is 49.3 Å². The van der Waals surface area contributed by atoms with E-state index >= 15 is 0 Å². The fourth-order valence-electron chi connectivity index (χ4n) is 1.22. The summed E-state index contributed by atoms with van der Waals surface area (Å²) in [6, 6.07) is 5.73. The molecule has 0 spiro atoms. The molecule has 1 aromatic rings. The lowest BCUT2D eigenvalue weighted by molar-refractivity contribution is -0.118. The number of aliphatic hydroxyl groups is 1. The fraction of sp³-hybridized carbons (Fsp3) is 0.250. The Labute approximate surface area is 103 Å². The van der Waals surface area contributed by atoms with E-state index in [9.17, 15) is 4.79 Å². The zero-order valence-electron chi connectivity index (χ0n) is 9.03. The standard InChI is InChI=1S/C12H14BrNO2/c1-9(16)14-6-2-3-10-4-5-12(13)11(7-10)8-15/h2-5,7,15H,6,8H2,1H3,(H,14,16). The summed E-state index contributed by atoms with van der Waals surface area (Å²) in [5, 5.41) is 11.7. The van der Waals surface area contributed by atoms with Crippen molar-refractivity contribution in [2.75, 3.05) is 6.54 Å². The van der Waals surface area contributed by atoms with Crippen LogP contribution in [-0.2, 0) is 11.4 Å². The zero-order chi connectivity index (χ0) is 12.0. The van der Waals surface area contributed by atoms with Gasteiger partial charge >= 0.3 is 0 Å². The van der Waals surface area contributed by atoms with Gasteiger partial charge in [0.25, 0.3) is 0 Å². The van der Waals surface area contributed by atoms with E-state index in [1.165, 1.54) is 6.92 Å². The monoisotopic (exact) mass is 283 g/mol. The van der Waals surface area contributed by atoms with Crippen LogP contribution < -0.4 is 5.32 Å². The summed E-state index contributed by atoms with van der Waals surface area (Å²) in [6.45, 7) is 2.01. The van der Waals surface area contributed by atoms with Gasteiger partial charge in [0.2, 0.25) is 5.91 Å². The van der Waals surface area contributed by atoms with Crippen LogP contribution in [0.4, 0.5) is 0 Å². The van der Waals surface area contributed by atoms with Gasteiger partial charge < -0.3 is 10.4 Å². The van der Waals surface area contributed by atoms with Crippen molar-refractivity contribution in [3.8, 4) is 0 Å². The molecular formula is C12H14BrNO2. The molecule has 0 aliphatic rings. The molecule has 0 aliphatic heterocycles. The maximum atomic E-state index is 10.6. The number of halogens is 1. The first-order valence-electron chi connectivity index (χ1n) is 4.93. The molecule has 2 N–H and O–H groups in total. The van der Waals surface area contributed by atoms with Crippen LogP contribution in [0.25, 0.3) is 6.08 Å². The van der Waals surface area contributed by atoms with Gasteiger partial charge in [0.1, 0.15) is 0 Å². The van der Waals surface area contributed by atoms with Crippen molar-refractivity contribution >= 4 is 27.9 Å². The molecule has 0 saturated heterocycles. The first kappa shape index (κ1) is 12.9. The van der Waals surface area contributed by atoms with Crippen LogP contribution in [0.1, 0.15) is 18.1 Å². The number of amides is 1. The minimum Gasteiger partial charge on any atom is -0.392 e. The Morgan fingerprint density at radius 3 is 2.94 bits per heavy atom. The zero-order valence-corrected chi connectivity index (χ0v) is 10.6. The van der Waals surface area contributed by atoms with Crippen LogP contribution >= 0.6 is 15.9 Å². The average molecular weight is 284 g/mol. The maximum absolute atomic E-state index is 10.6. The van der Waals surface area contributed by atoms with Gasteiger partial charge in [0, 0.05) is 17.9 Å². The summed E-state index contributed by atoms with van der Waals surface area (Å²) in [5.41, 5.74) is 1.85. The van der Waals surface area contributed by atoms with Crippen LogP contribution in [-0.4, -0.2) is 17.6 Å². The molecule has 0 aliphatic carbocycles. The second kappa shape index (κ2) is 6.45. The van der Waals surface area contributed by atoms with Gasteiger partial charge in [-0.2, -0.15) is 0 Å². The molecular weight excluding hydrogens is 270 g/mol. The van der Waals surface area contributed by atoms with Crippen molar-refractivity contribution in [1.82, 2.24) is 5.32 Å². The van der Waals surface area contributed by atoms with Crippen LogP contribution in [0.3, 0.4) is 0 Å². The molecule has 0 radical (unpaired) electrons. The van der Waals surface area contributed by atoms with E-state index in [-0.39, 0.29) is 12.5 Å². The third-order valence-electron chi connectivity index (χ3n) is 2.02. The van der Waals surface area contributed by atoms with Gasteiger partial charge in [0.05, 0.1) is 6.61 Å². The highest BCUT2D eigenvalue weighted by molar-refractivity contribution is 9.10. The molecule has 0 fully saturated rings. The first-order chi connectivity index (χ1) is 7.63. The number of nitrogens with one attached hydrogen (secondary N) is 1. The quantitative estimate of drug-likeness (QED) is 0.889. The molecule has 1 aromatic carbocycles. The van der Waals surface area contributed by atoms with Crippen molar-refractivity contribution < 1.29 is 9.90 Å². The number of aliphatic hydroxyl groups excluding tert-OH is 1.